The molecular weight excluding hydrogens is 372 g/mol. The van der Waals surface area contributed by atoms with Crippen molar-refractivity contribution in [3.63, 3.8) is 0 Å². The van der Waals surface area contributed by atoms with Gasteiger partial charge in [0.25, 0.3) is 5.91 Å². The second kappa shape index (κ2) is 6.00. The predicted octanol–water partition coefficient (Wildman–Crippen LogP) is 4.34. The largest absolute Gasteiger partial charge is 0.322 e. The van der Waals surface area contributed by atoms with Crippen LogP contribution < -0.4 is 5.32 Å². The first-order chi connectivity index (χ1) is 9.10. The molecule has 0 spiro atoms. The standard InChI is InChI=1S/C14H8Br2N2O/c15-10-3-6-13(16)12(7-10)14(19)18-11-4-1-9(8-17)2-5-11/h1-7H,(H,18,19). The van der Waals surface area contributed by atoms with Crippen LogP contribution in [0.25, 0.3) is 0 Å². The molecule has 0 radical (unpaired) electrons. The summed E-state index contributed by atoms with van der Waals surface area (Å²) in [6, 6.07) is 14.1. The number of rotatable bonds is 2. The highest BCUT2D eigenvalue weighted by molar-refractivity contribution is 9.11. The number of anilines is 1. The van der Waals surface area contributed by atoms with Gasteiger partial charge in [0.15, 0.2) is 0 Å². The minimum Gasteiger partial charge on any atom is -0.322 e. The molecule has 2 aromatic rings. The van der Waals surface area contributed by atoms with Crippen molar-refractivity contribution < 1.29 is 4.79 Å². The Bertz CT molecular complexity index is 660. The summed E-state index contributed by atoms with van der Waals surface area (Å²) >= 11 is 6.67. The van der Waals surface area contributed by atoms with Crippen LogP contribution in [-0.4, -0.2) is 5.91 Å². The fraction of sp³-hybridized carbons (Fsp3) is 0. The fourth-order valence-electron chi connectivity index (χ4n) is 1.50. The Hall–Kier alpha value is -1.64. The second-order valence-electron chi connectivity index (χ2n) is 3.77. The molecule has 1 amide bonds. The highest BCUT2D eigenvalue weighted by Gasteiger charge is 2.10. The van der Waals surface area contributed by atoms with E-state index in [2.05, 4.69) is 37.2 Å². The van der Waals surface area contributed by atoms with Crippen LogP contribution in [0, 0.1) is 11.3 Å². The van der Waals surface area contributed by atoms with Gasteiger partial charge >= 0.3 is 0 Å². The molecule has 5 heteroatoms. The van der Waals surface area contributed by atoms with E-state index in [1.54, 1.807) is 36.4 Å². The first-order valence-electron chi connectivity index (χ1n) is 5.37. The number of nitrogens with one attached hydrogen (secondary N) is 1. The van der Waals surface area contributed by atoms with E-state index in [0.29, 0.717) is 16.8 Å². The normalized spacial score (nSPS) is 9.74. The van der Waals surface area contributed by atoms with Crippen molar-refractivity contribution in [2.24, 2.45) is 0 Å². The number of nitrogens with zero attached hydrogens (tertiary/aromatic N) is 1. The fourth-order valence-corrected chi connectivity index (χ4v) is 2.29. The van der Waals surface area contributed by atoms with E-state index >= 15 is 0 Å². The van der Waals surface area contributed by atoms with Gasteiger partial charge in [-0.1, -0.05) is 15.9 Å². The van der Waals surface area contributed by atoms with E-state index in [1.807, 2.05) is 12.1 Å². The molecule has 3 nitrogen and oxygen atoms in total. The summed E-state index contributed by atoms with van der Waals surface area (Å²) in [6.45, 7) is 0. The minimum atomic E-state index is -0.210. The Balaban J connectivity index is 2.21. The molecule has 0 saturated heterocycles. The third kappa shape index (κ3) is 3.43. The molecule has 0 fully saturated rings. The van der Waals surface area contributed by atoms with Crippen molar-refractivity contribution in [2.75, 3.05) is 5.32 Å². The number of hydrogen-bond acceptors (Lipinski definition) is 2. The number of carbonyl (C=O) groups excluding carboxylic acids is 1. The van der Waals surface area contributed by atoms with E-state index in [-0.39, 0.29) is 5.91 Å². The summed E-state index contributed by atoms with van der Waals surface area (Å²) in [5, 5.41) is 11.5. The van der Waals surface area contributed by atoms with E-state index in [4.69, 9.17) is 5.26 Å². The summed E-state index contributed by atoms with van der Waals surface area (Å²) in [6.07, 6.45) is 0. The van der Waals surface area contributed by atoms with Crippen LogP contribution in [0.5, 0.6) is 0 Å². The Morgan fingerprint density at radius 2 is 1.79 bits per heavy atom. The zero-order valence-electron chi connectivity index (χ0n) is 9.65. The molecule has 19 heavy (non-hydrogen) atoms. The maximum absolute atomic E-state index is 12.1. The van der Waals surface area contributed by atoms with Crippen LogP contribution in [0.3, 0.4) is 0 Å². The average molecular weight is 380 g/mol. The summed E-state index contributed by atoms with van der Waals surface area (Å²) < 4.78 is 1.56. The molecule has 0 aliphatic carbocycles. The van der Waals surface area contributed by atoms with Gasteiger partial charge in [-0.25, -0.2) is 0 Å². The number of halogens is 2. The molecule has 0 unspecified atom stereocenters. The van der Waals surface area contributed by atoms with Crippen LogP contribution in [0.15, 0.2) is 51.4 Å². The number of carbonyl (C=O) groups is 1. The van der Waals surface area contributed by atoms with Gasteiger partial charge in [0.05, 0.1) is 17.2 Å². The van der Waals surface area contributed by atoms with Crippen LogP contribution in [0.4, 0.5) is 5.69 Å². The summed E-state index contributed by atoms with van der Waals surface area (Å²) in [5.74, 6) is -0.210. The lowest BCUT2D eigenvalue weighted by atomic mass is 10.2. The molecule has 0 aliphatic heterocycles. The molecule has 0 saturated carbocycles. The molecule has 0 aromatic heterocycles. The first-order valence-corrected chi connectivity index (χ1v) is 6.95. The maximum Gasteiger partial charge on any atom is 0.256 e. The summed E-state index contributed by atoms with van der Waals surface area (Å²) in [7, 11) is 0. The van der Waals surface area contributed by atoms with Crippen molar-refractivity contribution in [3.05, 3.63) is 62.5 Å². The van der Waals surface area contributed by atoms with Crippen molar-refractivity contribution in [1.82, 2.24) is 0 Å². The van der Waals surface area contributed by atoms with E-state index < -0.39 is 0 Å². The maximum atomic E-state index is 12.1. The van der Waals surface area contributed by atoms with Gasteiger partial charge in [-0.3, -0.25) is 4.79 Å². The third-order valence-electron chi connectivity index (χ3n) is 2.44. The van der Waals surface area contributed by atoms with Crippen LogP contribution >= 0.6 is 31.9 Å². The number of hydrogen-bond donors (Lipinski definition) is 1. The first kappa shape index (κ1) is 13.8. The lowest BCUT2D eigenvalue weighted by Gasteiger charge is -2.07. The molecule has 2 rings (SSSR count). The topological polar surface area (TPSA) is 52.9 Å². The van der Waals surface area contributed by atoms with E-state index in [0.717, 1.165) is 8.95 Å². The monoisotopic (exact) mass is 378 g/mol. The van der Waals surface area contributed by atoms with Gasteiger partial charge in [-0.2, -0.15) is 5.26 Å². The Kier molecular flexibility index (Phi) is 4.35. The molecule has 0 atom stereocenters. The highest BCUT2D eigenvalue weighted by atomic mass is 79.9. The average Bonchev–Trinajstić information content (AvgIpc) is 2.42. The number of amides is 1. The highest BCUT2D eigenvalue weighted by Crippen LogP contribution is 2.22. The molecular formula is C14H8Br2N2O. The van der Waals surface area contributed by atoms with Gasteiger partial charge in [0.1, 0.15) is 0 Å². The lowest BCUT2D eigenvalue weighted by Crippen LogP contribution is -2.12. The molecule has 0 heterocycles. The van der Waals surface area contributed by atoms with Crippen LogP contribution in [0.2, 0.25) is 0 Å². The van der Waals surface area contributed by atoms with Crippen LogP contribution in [0.1, 0.15) is 15.9 Å². The zero-order valence-corrected chi connectivity index (χ0v) is 12.8. The van der Waals surface area contributed by atoms with Gasteiger partial charge in [0, 0.05) is 14.6 Å². The van der Waals surface area contributed by atoms with E-state index in [1.165, 1.54) is 0 Å². The quantitative estimate of drug-likeness (QED) is 0.843. The Labute approximate surface area is 127 Å². The van der Waals surface area contributed by atoms with Crippen molar-refractivity contribution in [3.8, 4) is 6.07 Å². The smallest absolute Gasteiger partial charge is 0.256 e. The van der Waals surface area contributed by atoms with Crippen molar-refractivity contribution in [2.45, 2.75) is 0 Å². The van der Waals surface area contributed by atoms with Gasteiger partial charge < -0.3 is 5.32 Å². The number of nitriles is 1. The molecule has 2 aromatic carbocycles. The minimum absolute atomic E-state index is 0.210. The summed E-state index contributed by atoms with van der Waals surface area (Å²) in [5.41, 5.74) is 1.75. The van der Waals surface area contributed by atoms with Crippen LogP contribution in [-0.2, 0) is 0 Å². The molecule has 0 bridgehead atoms. The number of benzene rings is 2. The van der Waals surface area contributed by atoms with E-state index in [9.17, 15) is 4.79 Å². The third-order valence-corrected chi connectivity index (χ3v) is 3.63. The molecule has 0 aliphatic rings. The molecule has 1 N–H and O–H groups in total. The van der Waals surface area contributed by atoms with Gasteiger partial charge in [-0.15, -0.1) is 0 Å². The van der Waals surface area contributed by atoms with Gasteiger partial charge in [0.2, 0.25) is 0 Å². The van der Waals surface area contributed by atoms with Crippen molar-refractivity contribution in [1.29, 1.82) is 5.26 Å². The SMILES string of the molecule is N#Cc1ccc(NC(=O)c2cc(Br)ccc2Br)cc1. The lowest BCUT2D eigenvalue weighted by molar-refractivity contribution is 0.102. The zero-order chi connectivity index (χ0) is 13.8. The Morgan fingerprint density at radius 3 is 2.42 bits per heavy atom. The Morgan fingerprint density at radius 1 is 1.11 bits per heavy atom. The second-order valence-corrected chi connectivity index (χ2v) is 5.54. The summed E-state index contributed by atoms with van der Waals surface area (Å²) in [4.78, 5) is 12.1. The van der Waals surface area contributed by atoms with Crippen molar-refractivity contribution >= 4 is 43.5 Å². The predicted molar refractivity (Wildman–Crippen MR) is 81.0 cm³/mol. The molecule has 94 valence electrons. The van der Waals surface area contributed by atoms with Gasteiger partial charge in [-0.05, 0) is 58.4 Å².